The number of nitrogens with zero attached hydrogens (tertiary/aromatic N) is 1. The van der Waals surface area contributed by atoms with E-state index in [-0.39, 0.29) is 11.9 Å². The summed E-state index contributed by atoms with van der Waals surface area (Å²) in [5.74, 6) is 0.783. The second kappa shape index (κ2) is 6.12. The van der Waals surface area contributed by atoms with Gasteiger partial charge in [-0.1, -0.05) is 28.8 Å². The molecule has 0 unspecified atom stereocenters. The van der Waals surface area contributed by atoms with E-state index in [0.717, 1.165) is 54.1 Å². The molecule has 0 spiro atoms. The second-order valence-electron chi connectivity index (χ2n) is 6.11. The zero-order chi connectivity index (χ0) is 14.1. The van der Waals surface area contributed by atoms with Gasteiger partial charge in [-0.25, -0.2) is 4.39 Å². The Kier molecular flexibility index (Phi) is 4.43. The molecule has 1 aromatic rings. The van der Waals surface area contributed by atoms with Crippen LogP contribution in [0.25, 0.3) is 0 Å². The third-order valence-corrected chi connectivity index (χ3v) is 4.91. The summed E-state index contributed by atoms with van der Waals surface area (Å²) in [4.78, 5) is 2.46. The number of piperazine rings is 1. The molecule has 0 bridgehead atoms. The highest BCUT2D eigenvalue weighted by molar-refractivity contribution is 9.10. The normalized spacial score (nSPS) is 21.9. The minimum Gasteiger partial charge on any atom is -0.314 e. The van der Waals surface area contributed by atoms with Gasteiger partial charge in [-0.05, 0) is 37.0 Å². The van der Waals surface area contributed by atoms with Crippen LogP contribution >= 0.6 is 15.9 Å². The Morgan fingerprint density at radius 1 is 1.35 bits per heavy atom. The molecule has 0 amide bonds. The molecular formula is C16H22BrFN2. The van der Waals surface area contributed by atoms with Gasteiger partial charge in [0.15, 0.2) is 0 Å². The van der Waals surface area contributed by atoms with Crippen molar-refractivity contribution < 1.29 is 4.39 Å². The summed E-state index contributed by atoms with van der Waals surface area (Å²) in [5.41, 5.74) is 1.62. The van der Waals surface area contributed by atoms with Crippen molar-refractivity contribution in [3.05, 3.63) is 33.5 Å². The Balaban J connectivity index is 1.90. The van der Waals surface area contributed by atoms with Crippen LogP contribution < -0.4 is 5.32 Å². The van der Waals surface area contributed by atoms with Crippen molar-refractivity contribution in [1.29, 1.82) is 0 Å². The summed E-state index contributed by atoms with van der Waals surface area (Å²) >= 11 is 3.52. The van der Waals surface area contributed by atoms with Gasteiger partial charge in [0.05, 0.1) is 0 Å². The van der Waals surface area contributed by atoms with Gasteiger partial charge < -0.3 is 5.32 Å². The first-order valence-corrected chi connectivity index (χ1v) is 8.35. The van der Waals surface area contributed by atoms with E-state index in [1.165, 1.54) is 12.8 Å². The lowest BCUT2D eigenvalue weighted by Gasteiger charge is -2.36. The van der Waals surface area contributed by atoms with Crippen LogP contribution in [-0.2, 0) is 0 Å². The Labute approximate surface area is 128 Å². The molecule has 3 rings (SSSR count). The minimum atomic E-state index is -0.0163. The lowest BCUT2D eigenvalue weighted by atomic mass is 9.96. The highest BCUT2D eigenvalue weighted by atomic mass is 79.9. The number of rotatable bonds is 4. The molecule has 1 saturated carbocycles. The van der Waals surface area contributed by atoms with Crippen molar-refractivity contribution in [3.63, 3.8) is 0 Å². The van der Waals surface area contributed by atoms with Crippen LogP contribution in [0, 0.1) is 18.7 Å². The summed E-state index contributed by atoms with van der Waals surface area (Å²) < 4.78 is 15.6. The van der Waals surface area contributed by atoms with Crippen molar-refractivity contribution in [1.82, 2.24) is 10.2 Å². The van der Waals surface area contributed by atoms with Crippen molar-refractivity contribution in [2.45, 2.75) is 32.2 Å². The number of nitrogens with one attached hydrogen (secondary N) is 1. The van der Waals surface area contributed by atoms with Crippen LogP contribution in [0.5, 0.6) is 0 Å². The van der Waals surface area contributed by atoms with Crippen LogP contribution in [-0.4, -0.2) is 31.1 Å². The minimum absolute atomic E-state index is 0.0163. The van der Waals surface area contributed by atoms with E-state index in [2.05, 4.69) is 26.1 Å². The smallest absolute Gasteiger partial charge is 0.130 e. The van der Waals surface area contributed by atoms with E-state index in [9.17, 15) is 4.39 Å². The number of hydrogen-bond acceptors (Lipinski definition) is 2. The van der Waals surface area contributed by atoms with Crippen molar-refractivity contribution in [3.8, 4) is 0 Å². The number of hydrogen-bond donors (Lipinski definition) is 1. The number of benzene rings is 1. The maximum absolute atomic E-state index is 14.6. The Morgan fingerprint density at radius 3 is 2.70 bits per heavy atom. The lowest BCUT2D eigenvalue weighted by molar-refractivity contribution is 0.157. The molecule has 1 aromatic carbocycles. The molecular weight excluding hydrogens is 319 g/mol. The van der Waals surface area contributed by atoms with Gasteiger partial charge in [-0.3, -0.25) is 4.90 Å². The fourth-order valence-electron chi connectivity index (χ4n) is 3.13. The molecule has 2 fully saturated rings. The summed E-state index contributed by atoms with van der Waals surface area (Å²) in [6, 6.07) is 4.09. The molecule has 1 heterocycles. The molecule has 2 aliphatic rings. The molecule has 1 aliphatic heterocycles. The Bertz CT molecular complexity index is 482. The monoisotopic (exact) mass is 340 g/mol. The predicted octanol–water partition coefficient (Wildman–Crippen LogP) is 3.64. The average Bonchev–Trinajstić information content (AvgIpc) is 3.25. The van der Waals surface area contributed by atoms with E-state index in [1.54, 1.807) is 0 Å². The molecule has 1 N–H and O–H groups in total. The first-order valence-electron chi connectivity index (χ1n) is 7.55. The number of aryl methyl sites for hydroxylation is 1. The van der Waals surface area contributed by atoms with Gasteiger partial charge in [-0.15, -0.1) is 0 Å². The standard InChI is InChI=1S/C16H22BrFN2/c1-11-8-13(17)10-14(16(11)18)15(9-12-2-3-12)20-6-4-19-5-7-20/h8,10,12,15,19H,2-7,9H2,1H3/t15-/m0/s1. The van der Waals surface area contributed by atoms with Crippen molar-refractivity contribution in [2.24, 2.45) is 5.92 Å². The summed E-state index contributed by atoms with van der Waals surface area (Å²) in [6.45, 7) is 5.91. The summed E-state index contributed by atoms with van der Waals surface area (Å²) in [6.07, 6.45) is 3.74. The molecule has 2 nitrogen and oxygen atoms in total. The van der Waals surface area contributed by atoms with Crippen LogP contribution in [0.1, 0.15) is 36.4 Å². The quantitative estimate of drug-likeness (QED) is 0.900. The molecule has 0 radical (unpaired) electrons. The topological polar surface area (TPSA) is 15.3 Å². The van der Waals surface area contributed by atoms with Gasteiger partial charge in [0.1, 0.15) is 5.82 Å². The van der Waals surface area contributed by atoms with Gasteiger partial charge in [-0.2, -0.15) is 0 Å². The van der Waals surface area contributed by atoms with E-state index in [4.69, 9.17) is 0 Å². The van der Waals surface area contributed by atoms with E-state index in [1.807, 2.05) is 19.1 Å². The first kappa shape index (κ1) is 14.5. The molecule has 110 valence electrons. The highest BCUT2D eigenvalue weighted by Crippen LogP contribution is 2.41. The SMILES string of the molecule is Cc1cc(Br)cc([C@H](CC2CC2)N2CCNCC2)c1F. The van der Waals surface area contributed by atoms with Gasteiger partial charge >= 0.3 is 0 Å². The van der Waals surface area contributed by atoms with Crippen LogP contribution in [0.4, 0.5) is 4.39 Å². The van der Waals surface area contributed by atoms with Crippen molar-refractivity contribution in [2.75, 3.05) is 26.2 Å². The predicted molar refractivity (Wildman–Crippen MR) is 83.4 cm³/mol. The third-order valence-electron chi connectivity index (χ3n) is 4.45. The summed E-state index contributed by atoms with van der Waals surface area (Å²) in [5, 5.41) is 3.38. The molecule has 1 aliphatic carbocycles. The zero-order valence-corrected chi connectivity index (χ0v) is 13.5. The summed E-state index contributed by atoms with van der Waals surface area (Å²) in [7, 11) is 0. The second-order valence-corrected chi connectivity index (χ2v) is 7.02. The lowest BCUT2D eigenvalue weighted by Crippen LogP contribution is -2.45. The third kappa shape index (κ3) is 3.23. The Hall–Kier alpha value is -0.450. The van der Waals surface area contributed by atoms with Crippen molar-refractivity contribution >= 4 is 15.9 Å². The highest BCUT2D eigenvalue weighted by Gasteiger charge is 2.32. The average molecular weight is 341 g/mol. The van der Waals surface area contributed by atoms with Crippen LogP contribution in [0.3, 0.4) is 0 Å². The molecule has 0 aromatic heterocycles. The van der Waals surface area contributed by atoms with Crippen LogP contribution in [0.2, 0.25) is 0 Å². The fraction of sp³-hybridized carbons (Fsp3) is 0.625. The van der Waals surface area contributed by atoms with Gasteiger partial charge in [0.25, 0.3) is 0 Å². The van der Waals surface area contributed by atoms with E-state index < -0.39 is 0 Å². The molecule has 1 atom stereocenters. The van der Waals surface area contributed by atoms with Crippen LogP contribution in [0.15, 0.2) is 16.6 Å². The van der Waals surface area contributed by atoms with Gasteiger partial charge in [0.2, 0.25) is 0 Å². The van der Waals surface area contributed by atoms with Gasteiger partial charge in [0, 0.05) is 42.3 Å². The van der Waals surface area contributed by atoms with E-state index >= 15 is 0 Å². The maximum Gasteiger partial charge on any atom is 0.130 e. The maximum atomic E-state index is 14.6. The number of halogens is 2. The Morgan fingerprint density at radius 2 is 2.05 bits per heavy atom. The fourth-order valence-corrected chi connectivity index (χ4v) is 3.72. The zero-order valence-electron chi connectivity index (χ0n) is 12.0. The molecule has 4 heteroatoms. The molecule has 1 saturated heterocycles. The van der Waals surface area contributed by atoms with E-state index in [0.29, 0.717) is 0 Å². The largest absolute Gasteiger partial charge is 0.314 e. The molecule has 20 heavy (non-hydrogen) atoms. The first-order chi connectivity index (χ1) is 9.65.